The number of nitrogens with two attached hydrogens (primary N) is 1. The molecule has 0 bridgehead atoms. The van der Waals surface area contributed by atoms with Crippen molar-refractivity contribution in [2.75, 3.05) is 5.73 Å². The number of phenols is 1. The smallest absolute Gasteiger partial charge is 0.334 e. The van der Waals surface area contributed by atoms with Crippen molar-refractivity contribution < 1.29 is 22.9 Å². The highest BCUT2D eigenvalue weighted by molar-refractivity contribution is 7.86. The molecule has 82 valence electrons. The van der Waals surface area contributed by atoms with Crippen LogP contribution in [0.5, 0.6) is 5.75 Å². The minimum atomic E-state index is -4.49. The summed E-state index contributed by atoms with van der Waals surface area (Å²) in [7, 11) is -4.49. The van der Waals surface area contributed by atoms with Crippen LogP contribution in [0.3, 0.4) is 0 Å². The van der Waals surface area contributed by atoms with Crippen LogP contribution in [0.1, 0.15) is 0 Å². The van der Waals surface area contributed by atoms with Crippen molar-refractivity contribution in [3.05, 3.63) is 28.3 Å². The second-order valence-corrected chi connectivity index (χ2v) is 4.00. The zero-order valence-electron chi connectivity index (χ0n) is 7.15. The fraction of sp³-hybridized carbons (Fsp3) is 0. The second kappa shape index (κ2) is 3.61. The van der Waals surface area contributed by atoms with Crippen LogP contribution in [0.4, 0.5) is 5.69 Å². The van der Waals surface area contributed by atoms with Gasteiger partial charge in [0.15, 0.2) is 0 Å². The molecule has 3 N–H and O–H groups in total. The number of anilines is 1. The van der Waals surface area contributed by atoms with Gasteiger partial charge in [-0.05, 0) is 18.2 Å². The lowest BCUT2D eigenvalue weighted by molar-refractivity contribution is -0.711. The van der Waals surface area contributed by atoms with Gasteiger partial charge in [-0.1, -0.05) is 0 Å². The van der Waals surface area contributed by atoms with E-state index in [-0.39, 0.29) is 11.4 Å². The Balaban J connectivity index is 3.17. The van der Waals surface area contributed by atoms with E-state index in [9.17, 15) is 18.5 Å². The molecule has 0 saturated carbocycles. The van der Waals surface area contributed by atoms with Crippen molar-refractivity contribution >= 4 is 15.8 Å². The van der Waals surface area contributed by atoms with E-state index in [1.807, 2.05) is 0 Å². The number of aromatic hydroxyl groups is 1. The maximum Gasteiger partial charge on any atom is 0.334 e. The predicted molar refractivity (Wildman–Crippen MR) is 47.8 cm³/mol. The lowest BCUT2D eigenvalue weighted by Crippen LogP contribution is -2.11. The Bertz CT molecular complexity index is 496. The van der Waals surface area contributed by atoms with Gasteiger partial charge in [-0.15, -0.1) is 10.1 Å². The summed E-state index contributed by atoms with van der Waals surface area (Å²) < 4.78 is 25.7. The molecule has 0 aliphatic carbocycles. The van der Waals surface area contributed by atoms with E-state index < -0.39 is 20.1 Å². The van der Waals surface area contributed by atoms with Crippen molar-refractivity contribution in [1.29, 1.82) is 0 Å². The van der Waals surface area contributed by atoms with Crippen LogP contribution in [0.2, 0.25) is 0 Å². The summed E-state index contributed by atoms with van der Waals surface area (Å²) in [6.07, 6.45) is 0. The largest absolute Gasteiger partial charge is 0.506 e. The molecule has 1 aromatic rings. The van der Waals surface area contributed by atoms with Crippen LogP contribution >= 0.6 is 0 Å². The van der Waals surface area contributed by atoms with Gasteiger partial charge in [-0.25, -0.2) is 0 Å². The number of rotatable bonds is 3. The molecule has 0 atom stereocenters. The summed E-state index contributed by atoms with van der Waals surface area (Å²) >= 11 is 0. The topological polar surface area (TPSA) is 133 Å². The minimum absolute atomic E-state index is 0.219. The summed E-state index contributed by atoms with van der Waals surface area (Å²) in [5.74, 6) is -0.324. The maximum atomic E-state index is 11.1. The Morgan fingerprint density at radius 2 is 2.07 bits per heavy atom. The van der Waals surface area contributed by atoms with Crippen LogP contribution in [-0.2, 0) is 14.4 Å². The van der Waals surface area contributed by atoms with Gasteiger partial charge in [0.1, 0.15) is 5.75 Å². The molecule has 0 unspecified atom stereocenters. The SMILES string of the molecule is Nc1cc(S(=O)(=O)O[N+](=O)[O-])ccc1O. The van der Waals surface area contributed by atoms with Gasteiger partial charge in [0, 0.05) is 0 Å². The molecule has 1 aromatic carbocycles. The van der Waals surface area contributed by atoms with E-state index in [0.29, 0.717) is 0 Å². The van der Waals surface area contributed by atoms with Crippen molar-refractivity contribution in [2.45, 2.75) is 4.90 Å². The maximum absolute atomic E-state index is 11.1. The fourth-order valence-corrected chi connectivity index (χ4v) is 1.56. The van der Waals surface area contributed by atoms with Gasteiger partial charge in [0.05, 0.1) is 10.6 Å². The van der Waals surface area contributed by atoms with Crippen LogP contribution in [0, 0.1) is 10.1 Å². The highest BCUT2D eigenvalue weighted by Crippen LogP contribution is 2.24. The number of hydrogen-bond acceptors (Lipinski definition) is 7. The Hall–Kier alpha value is -2.03. The van der Waals surface area contributed by atoms with Crippen LogP contribution in [0.25, 0.3) is 0 Å². The molecule has 1 rings (SSSR count). The van der Waals surface area contributed by atoms with Crippen molar-refractivity contribution in [2.24, 2.45) is 0 Å². The molecule has 0 fully saturated rings. The molecule has 0 saturated heterocycles. The molecule has 8 nitrogen and oxygen atoms in total. The lowest BCUT2D eigenvalue weighted by Gasteiger charge is -2.03. The predicted octanol–water partition coefficient (Wildman–Crippen LogP) is -0.129. The zero-order chi connectivity index (χ0) is 11.6. The first-order valence-corrected chi connectivity index (χ1v) is 4.91. The van der Waals surface area contributed by atoms with Gasteiger partial charge in [0.25, 0.3) is 0 Å². The van der Waals surface area contributed by atoms with Gasteiger partial charge in [-0.3, -0.25) is 0 Å². The Morgan fingerprint density at radius 3 is 2.53 bits per heavy atom. The molecule has 9 heteroatoms. The molecule has 0 aliphatic rings. The van der Waals surface area contributed by atoms with E-state index in [0.717, 1.165) is 18.2 Å². The van der Waals surface area contributed by atoms with Crippen LogP contribution in [0.15, 0.2) is 23.1 Å². The van der Waals surface area contributed by atoms with Gasteiger partial charge < -0.3 is 10.8 Å². The van der Waals surface area contributed by atoms with Crippen molar-refractivity contribution in [1.82, 2.24) is 0 Å². The molecule has 0 aliphatic heterocycles. The van der Waals surface area contributed by atoms with Crippen molar-refractivity contribution in [3.63, 3.8) is 0 Å². The Kier molecular flexibility index (Phi) is 2.66. The quantitative estimate of drug-likeness (QED) is 0.322. The van der Waals surface area contributed by atoms with E-state index in [1.165, 1.54) is 0 Å². The summed E-state index contributed by atoms with van der Waals surface area (Å²) in [4.78, 5) is 9.36. The zero-order valence-corrected chi connectivity index (χ0v) is 7.97. The average Bonchev–Trinajstić information content (AvgIpc) is 2.07. The Labute approximate surface area is 84.1 Å². The number of nitrogen functional groups attached to an aromatic ring is 1. The molecular formula is C6H6N2O6S. The molecule has 15 heavy (non-hydrogen) atoms. The first-order valence-electron chi connectivity index (χ1n) is 3.50. The fourth-order valence-electron chi connectivity index (χ4n) is 0.811. The highest BCUT2D eigenvalue weighted by Gasteiger charge is 2.19. The number of hydrogen-bond donors (Lipinski definition) is 2. The minimum Gasteiger partial charge on any atom is -0.506 e. The molecule has 0 spiro atoms. The van der Waals surface area contributed by atoms with Crippen molar-refractivity contribution in [3.8, 4) is 5.75 Å². The molecule has 0 heterocycles. The molecular weight excluding hydrogens is 228 g/mol. The van der Waals surface area contributed by atoms with Crippen LogP contribution in [-0.4, -0.2) is 18.6 Å². The summed E-state index contributed by atoms with van der Waals surface area (Å²) in [6.45, 7) is 0. The van der Waals surface area contributed by atoms with Crippen LogP contribution < -0.4 is 5.73 Å². The normalized spacial score (nSPS) is 10.9. The monoisotopic (exact) mass is 234 g/mol. The third-order valence-electron chi connectivity index (χ3n) is 1.45. The van der Waals surface area contributed by atoms with Gasteiger partial charge in [0.2, 0.25) is 0 Å². The van der Waals surface area contributed by atoms with E-state index in [2.05, 4.69) is 4.28 Å². The lowest BCUT2D eigenvalue weighted by atomic mass is 10.3. The van der Waals surface area contributed by atoms with Gasteiger partial charge in [-0.2, -0.15) is 12.7 Å². The molecule has 0 radical (unpaired) electrons. The van der Waals surface area contributed by atoms with E-state index >= 15 is 0 Å². The first kappa shape index (κ1) is 11.0. The average molecular weight is 234 g/mol. The summed E-state index contributed by atoms with van der Waals surface area (Å²) in [5, 5.41) is 17.4. The van der Waals surface area contributed by atoms with E-state index in [4.69, 9.17) is 10.8 Å². The number of phenolic OH excluding ortho intramolecular Hbond substituents is 1. The number of benzene rings is 1. The highest BCUT2D eigenvalue weighted by atomic mass is 32.2. The third kappa shape index (κ3) is 2.47. The van der Waals surface area contributed by atoms with E-state index in [1.54, 1.807) is 0 Å². The number of nitrogens with zero attached hydrogens (tertiary/aromatic N) is 1. The molecule has 0 aromatic heterocycles. The Morgan fingerprint density at radius 1 is 1.47 bits per heavy atom. The standard InChI is InChI=1S/C6H6N2O6S/c7-5-3-4(1-2-6(5)9)15(12,13)14-8(10)11/h1-3,9H,7H2. The summed E-state index contributed by atoms with van der Waals surface area (Å²) in [5.41, 5.74) is 4.99. The third-order valence-corrected chi connectivity index (χ3v) is 2.60. The summed E-state index contributed by atoms with van der Waals surface area (Å²) in [6, 6.07) is 2.78. The molecule has 0 amide bonds. The second-order valence-electron chi connectivity index (χ2n) is 2.47. The first-order chi connectivity index (χ1) is 6.83. The van der Waals surface area contributed by atoms with Gasteiger partial charge >= 0.3 is 15.2 Å².